The van der Waals surface area contributed by atoms with Crippen LogP contribution in [0.5, 0.6) is 0 Å². The molecular formula is C18H18N2O3. The van der Waals surface area contributed by atoms with E-state index in [0.29, 0.717) is 6.54 Å². The molecule has 0 saturated carbocycles. The monoisotopic (exact) mass is 310 g/mol. The van der Waals surface area contributed by atoms with Crippen molar-refractivity contribution in [2.24, 2.45) is 0 Å². The molecule has 2 N–H and O–H groups in total. The number of benzene rings is 2. The molecule has 2 aromatic rings. The summed E-state index contributed by atoms with van der Waals surface area (Å²) in [6.45, 7) is 2.41. The third kappa shape index (κ3) is 3.51. The Labute approximate surface area is 134 Å². The highest BCUT2D eigenvalue weighted by atomic mass is 16.6. The first kappa shape index (κ1) is 15.1. The molecule has 2 unspecified atom stereocenters. The lowest BCUT2D eigenvalue weighted by atomic mass is 10.0. The number of cyclic esters (lactones) is 1. The molecule has 1 heterocycles. The molecule has 5 heteroatoms. The number of hydrogen-bond acceptors (Lipinski definition) is 3. The van der Waals surface area contributed by atoms with Crippen molar-refractivity contribution in [3.63, 3.8) is 0 Å². The maximum absolute atomic E-state index is 12.4. The van der Waals surface area contributed by atoms with Gasteiger partial charge in [-0.05, 0) is 18.1 Å². The van der Waals surface area contributed by atoms with Crippen molar-refractivity contribution in [2.75, 3.05) is 0 Å². The van der Waals surface area contributed by atoms with E-state index in [2.05, 4.69) is 10.6 Å². The molecule has 2 atom stereocenters. The van der Waals surface area contributed by atoms with Gasteiger partial charge in [0.25, 0.3) is 0 Å². The summed E-state index contributed by atoms with van der Waals surface area (Å²) in [4.78, 5) is 24.0. The Bertz CT molecular complexity index is 715. The number of ether oxygens (including phenoxy) is 1. The summed E-state index contributed by atoms with van der Waals surface area (Å²) in [5.74, 6) is -0.258. The fourth-order valence-corrected chi connectivity index (χ4v) is 2.65. The minimum Gasteiger partial charge on any atom is -0.439 e. The molecule has 0 radical (unpaired) electrons. The van der Waals surface area contributed by atoms with E-state index in [1.807, 2.05) is 61.5 Å². The number of rotatable bonds is 4. The van der Waals surface area contributed by atoms with Crippen LogP contribution in [-0.2, 0) is 16.1 Å². The van der Waals surface area contributed by atoms with Crippen molar-refractivity contribution >= 4 is 12.0 Å². The molecule has 23 heavy (non-hydrogen) atoms. The zero-order chi connectivity index (χ0) is 16.2. The maximum atomic E-state index is 12.4. The molecule has 2 amide bonds. The van der Waals surface area contributed by atoms with Crippen LogP contribution < -0.4 is 10.6 Å². The van der Waals surface area contributed by atoms with Crippen LogP contribution in [0.15, 0.2) is 54.6 Å². The van der Waals surface area contributed by atoms with Crippen LogP contribution in [0.1, 0.15) is 22.8 Å². The summed E-state index contributed by atoms with van der Waals surface area (Å²) in [5.41, 5.74) is 2.94. The fraction of sp³-hybridized carbons (Fsp3) is 0.222. The largest absolute Gasteiger partial charge is 0.439 e. The number of aryl methyl sites for hydroxylation is 1. The standard InChI is InChI=1S/C18H18N2O3/c1-12-6-5-7-13(10-12)11-19-17(21)15-16(23-18(22)20-15)14-8-3-2-4-9-14/h2-10,15-16H,11H2,1H3,(H,19,21)(H,20,22). The number of carbonyl (C=O) groups is 2. The van der Waals surface area contributed by atoms with E-state index < -0.39 is 18.2 Å². The first-order valence-corrected chi connectivity index (χ1v) is 7.49. The number of hydrogen-bond donors (Lipinski definition) is 2. The Hall–Kier alpha value is -2.82. The van der Waals surface area contributed by atoms with Crippen molar-refractivity contribution in [2.45, 2.75) is 25.6 Å². The molecule has 0 bridgehead atoms. The van der Waals surface area contributed by atoms with Crippen molar-refractivity contribution in [1.82, 2.24) is 10.6 Å². The van der Waals surface area contributed by atoms with E-state index in [0.717, 1.165) is 16.7 Å². The zero-order valence-corrected chi connectivity index (χ0v) is 12.8. The Balaban J connectivity index is 1.69. The predicted molar refractivity (Wildman–Crippen MR) is 85.6 cm³/mol. The predicted octanol–water partition coefficient (Wildman–Crippen LogP) is 2.46. The van der Waals surface area contributed by atoms with E-state index in [1.54, 1.807) is 0 Å². The van der Waals surface area contributed by atoms with Gasteiger partial charge in [0.05, 0.1) is 0 Å². The average Bonchev–Trinajstić information content (AvgIpc) is 2.95. The van der Waals surface area contributed by atoms with E-state index in [-0.39, 0.29) is 5.91 Å². The third-order valence-corrected chi connectivity index (χ3v) is 3.77. The SMILES string of the molecule is Cc1cccc(CNC(=O)C2NC(=O)OC2c2ccccc2)c1. The lowest BCUT2D eigenvalue weighted by Crippen LogP contribution is -2.43. The molecule has 1 fully saturated rings. The van der Waals surface area contributed by atoms with Gasteiger partial charge in [-0.15, -0.1) is 0 Å². The average molecular weight is 310 g/mol. The van der Waals surface area contributed by atoms with Gasteiger partial charge in [-0.25, -0.2) is 4.79 Å². The summed E-state index contributed by atoms with van der Waals surface area (Å²) in [5, 5.41) is 5.43. The van der Waals surface area contributed by atoms with Gasteiger partial charge < -0.3 is 15.4 Å². The molecule has 0 aromatic heterocycles. The molecule has 0 spiro atoms. The summed E-state index contributed by atoms with van der Waals surface area (Å²) in [6.07, 6.45) is -1.18. The number of alkyl carbamates (subject to hydrolysis) is 1. The lowest BCUT2D eigenvalue weighted by molar-refractivity contribution is -0.124. The maximum Gasteiger partial charge on any atom is 0.408 e. The molecule has 0 aliphatic carbocycles. The molecule has 1 aliphatic heterocycles. The number of nitrogens with one attached hydrogen (secondary N) is 2. The lowest BCUT2D eigenvalue weighted by Gasteiger charge is -2.17. The summed E-state index contributed by atoms with van der Waals surface area (Å²) in [6, 6.07) is 16.4. The highest BCUT2D eigenvalue weighted by molar-refractivity contribution is 5.88. The van der Waals surface area contributed by atoms with Crippen molar-refractivity contribution in [3.8, 4) is 0 Å². The Kier molecular flexibility index (Phi) is 4.28. The highest BCUT2D eigenvalue weighted by Crippen LogP contribution is 2.26. The van der Waals surface area contributed by atoms with Gasteiger partial charge in [-0.2, -0.15) is 0 Å². The highest BCUT2D eigenvalue weighted by Gasteiger charge is 2.39. The smallest absolute Gasteiger partial charge is 0.408 e. The molecular weight excluding hydrogens is 292 g/mol. The van der Waals surface area contributed by atoms with Gasteiger partial charge in [0.15, 0.2) is 12.1 Å². The second-order valence-electron chi connectivity index (χ2n) is 5.57. The second kappa shape index (κ2) is 6.52. The van der Waals surface area contributed by atoms with E-state index in [9.17, 15) is 9.59 Å². The molecule has 5 nitrogen and oxygen atoms in total. The van der Waals surface area contributed by atoms with Gasteiger partial charge in [0.1, 0.15) is 0 Å². The quantitative estimate of drug-likeness (QED) is 0.911. The molecule has 118 valence electrons. The summed E-state index contributed by atoms with van der Waals surface area (Å²) < 4.78 is 5.24. The van der Waals surface area contributed by atoms with Crippen LogP contribution in [0.2, 0.25) is 0 Å². The third-order valence-electron chi connectivity index (χ3n) is 3.77. The Morgan fingerprint density at radius 1 is 1.17 bits per heavy atom. The van der Waals surface area contributed by atoms with Crippen molar-refractivity contribution in [1.29, 1.82) is 0 Å². The van der Waals surface area contributed by atoms with Gasteiger partial charge in [-0.3, -0.25) is 4.79 Å². The summed E-state index contributed by atoms with van der Waals surface area (Å²) >= 11 is 0. The minimum atomic E-state index is -0.727. The van der Waals surface area contributed by atoms with Gasteiger partial charge in [0, 0.05) is 6.54 Å². The fourth-order valence-electron chi connectivity index (χ4n) is 2.65. The second-order valence-corrected chi connectivity index (χ2v) is 5.57. The first-order valence-electron chi connectivity index (χ1n) is 7.49. The van der Waals surface area contributed by atoms with Crippen LogP contribution in [0.3, 0.4) is 0 Å². The van der Waals surface area contributed by atoms with E-state index in [4.69, 9.17) is 4.74 Å². The number of carbonyl (C=O) groups excluding carboxylic acids is 2. The Morgan fingerprint density at radius 3 is 2.70 bits per heavy atom. The van der Waals surface area contributed by atoms with Gasteiger partial charge in [-0.1, -0.05) is 60.2 Å². The topological polar surface area (TPSA) is 67.4 Å². The normalized spacial score (nSPS) is 19.8. The number of amides is 2. The van der Waals surface area contributed by atoms with E-state index in [1.165, 1.54) is 0 Å². The minimum absolute atomic E-state index is 0.258. The first-order chi connectivity index (χ1) is 11.1. The van der Waals surface area contributed by atoms with Crippen LogP contribution in [0, 0.1) is 6.92 Å². The molecule has 2 aromatic carbocycles. The van der Waals surface area contributed by atoms with Crippen LogP contribution in [0.25, 0.3) is 0 Å². The van der Waals surface area contributed by atoms with Gasteiger partial charge in [0.2, 0.25) is 5.91 Å². The van der Waals surface area contributed by atoms with E-state index >= 15 is 0 Å². The van der Waals surface area contributed by atoms with Crippen LogP contribution >= 0.6 is 0 Å². The Morgan fingerprint density at radius 2 is 1.96 bits per heavy atom. The van der Waals surface area contributed by atoms with Crippen LogP contribution in [-0.4, -0.2) is 18.0 Å². The van der Waals surface area contributed by atoms with Crippen molar-refractivity contribution < 1.29 is 14.3 Å². The molecule has 1 saturated heterocycles. The van der Waals surface area contributed by atoms with Crippen molar-refractivity contribution in [3.05, 3.63) is 71.3 Å². The zero-order valence-electron chi connectivity index (χ0n) is 12.8. The summed E-state index contributed by atoms with van der Waals surface area (Å²) in [7, 11) is 0. The van der Waals surface area contributed by atoms with Crippen LogP contribution in [0.4, 0.5) is 4.79 Å². The van der Waals surface area contributed by atoms with Gasteiger partial charge >= 0.3 is 6.09 Å². The molecule has 3 rings (SSSR count). The molecule has 1 aliphatic rings.